The van der Waals surface area contributed by atoms with Crippen molar-refractivity contribution >= 4 is 0 Å². The standard InChI is InChI=1S/C20H21N3O/c1-2-17-8-9-18(24-17)14-23-11-10-19-16(13-23)12-21-20(22-19)15-6-4-3-5-7-15/h3-9,12H,2,10-11,13-14H2,1H3. The van der Waals surface area contributed by atoms with Crippen molar-refractivity contribution in [3.63, 3.8) is 0 Å². The van der Waals surface area contributed by atoms with Gasteiger partial charge in [-0.15, -0.1) is 0 Å². The van der Waals surface area contributed by atoms with Crippen LogP contribution in [0.2, 0.25) is 0 Å². The zero-order valence-corrected chi connectivity index (χ0v) is 13.9. The van der Waals surface area contributed by atoms with E-state index in [-0.39, 0.29) is 0 Å². The highest BCUT2D eigenvalue weighted by molar-refractivity contribution is 5.54. The van der Waals surface area contributed by atoms with E-state index in [9.17, 15) is 0 Å². The Hall–Kier alpha value is -2.46. The topological polar surface area (TPSA) is 42.2 Å². The summed E-state index contributed by atoms with van der Waals surface area (Å²) >= 11 is 0. The van der Waals surface area contributed by atoms with Crippen LogP contribution in [0.4, 0.5) is 0 Å². The molecule has 0 spiro atoms. The maximum absolute atomic E-state index is 5.83. The molecule has 4 heteroatoms. The highest BCUT2D eigenvalue weighted by atomic mass is 16.3. The number of hydrogen-bond acceptors (Lipinski definition) is 4. The second-order valence-corrected chi connectivity index (χ2v) is 6.21. The van der Waals surface area contributed by atoms with Gasteiger partial charge in [0.2, 0.25) is 0 Å². The lowest BCUT2D eigenvalue weighted by Crippen LogP contribution is -2.30. The molecule has 1 aromatic carbocycles. The van der Waals surface area contributed by atoms with Crippen LogP contribution in [-0.2, 0) is 25.9 Å². The average molecular weight is 319 g/mol. The summed E-state index contributed by atoms with van der Waals surface area (Å²) in [6.07, 6.45) is 3.88. The second kappa shape index (κ2) is 6.57. The predicted molar refractivity (Wildman–Crippen MR) is 93.4 cm³/mol. The molecule has 0 N–H and O–H groups in total. The molecule has 0 saturated carbocycles. The van der Waals surface area contributed by atoms with Crippen LogP contribution < -0.4 is 0 Å². The van der Waals surface area contributed by atoms with Gasteiger partial charge in [0, 0.05) is 43.3 Å². The van der Waals surface area contributed by atoms with Gasteiger partial charge < -0.3 is 4.42 Å². The Morgan fingerprint density at radius 2 is 1.92 bits per heavy atom. The third kappa shape index (κ3) is 3.10. The molecule has 2 aromatic heterocycles. The Morgan fingerprint density at radius 1 is 1.08 bits per heavy atom. The molecule has 24 heavy (non-hydrogen) atoms. The molecule has 4 nitrogen and oxygen atoms in total. The number of aromatic nitrogens is 2. The minimum absolute atomic E-state index is 0.821. The van der Waals surface area contributed by atoms with Gasteiger partial charge in [-0.1, -0.05) is 37.3 Å². The van der Waals surface area contributed by atoms with Crippen molar-refractivity contribution < 1.29 is 4.42 Å². The fraction of sp³-hybridized carbons (Fsp3) is 0.300. The van der Waals surface area contributed by atoms with Crippen LogP contribution in [0.3, 0.4) is 0 Å². The first-order chi connectivity index (χ1) is 11.8. The van der Waals surface area contributed by atoms with Crippen LogP contribution >= 0.6 is 0 Å². The molecule has 0 atom stereocenters. The molecule has 3 aromatic rings. The molecule has 0 saturated heterocycles. The maximum Gasteiger partial charge on any atom is 0.159 e. The van der Waals surface area contributed by atoms with Crippen LogP contribution in [-0.4, -0.2) is 21.4 Å². The molecule has 0 bridgehead atoms. The zero-order valence-electron chi connectivity index (χ0n) is 13.9. The van der Waals surface area contributed by atoms with Gasteiger partial charge in [0.05, 0.1) is 12.2 Å². The largest absolute Gasteiger partial charge is 0.465 e. The molecular formula is C20H21N3O. The molecule has 1 aliphatic heterocycles. The minimum atomic E-state index is 0.821. The summed E-state index contributed by atoms with van der Waals surface area (Å²) in [6.45, 7) is 4.84. The molecule has 0 aliphatic carbocycles. The number of benzene rings is 1. The number of hydrogen-bond donors (Lipinski definition) is 0. The molecule has 1 aliphatic rings. The van der Waals surface area contributed by atoms with E-state index in [1.807, 2.05) is 24.4 Å². The summed E-state index contributed by atoms with van der Waals surface area (Å²) in [7, 11) is 0. The Bertz CT molecular complexity index is 826. The van der Waals surface area contributed by atoms with Crippen LogP contribution in [0.1, 0.15) is 29.7 Å². The van der Waals surface area contributed by atoms with E-state index in [4.69, 9.17) is 9.40 Å². The van der Waals surface area contributed by atoms with Gasteiger partial charge in [-0.25, -0.2) is 9.97 Å². The van der Waals surface area contributed by atoms with Crippen molar-refractivity contribution in [3.8, 4) is 11.4 Å². The van der Waals surface area contributed by atoms with E-state index in [2.05, 4.69) is 41.1 Å². The van der Waals surface area contributed by atoms with Gasteiger partial charge in [0.25, 0.3) is 0 Å². The van der Waals surface area contributed by atoms with E-state index < -0.39 is 0 Å². The Balaban J connectivity index is 1.49. The van der Waals surface area contributed by atoms with Gasteiger partial charge >= 0.3 is 0 Å². The van der Waals surface area contributed by atoms with E-state index in [0.717, 1.165) is 55.4 Å². The molecular weight excluding hydrogens is 298 g/mol. The normalized spacial score (nSPS) is 14.5. The summed E-state index contributed by atoms with van der Waals surface area (Å²) in [5.74, 6) is 2.91. The Morgan fingerprint density at radius 3 is 2.71 bits per heavy atom. The molecule has 0 unspecified atom stereocenters. The number of rotatable bonds is 4. The fourth-order valence-electron chi connectivity index (χ4n) is 3.15. The van der Waals surface area contributed by atoms with E-state index >= 15 is 0 Å². The summed E-state index contributed by atoms with van der Waals surface area (Å²) in [5, 5.41) is 0. The fourth-order valence-corrected chi connectivity index (χ4v) is 3.15. The van der Waals surface area contributed by atoms with E-state index in [0.29, 0.717) is 0 Å². The zero-order chi connectivity index (χ0) is 16.4. The maximum atomic E-state index is 5.83. The van der Waals surface area contributed by atoms with Crippen molar-refractivity contribution in [1.82, 2.24) is 14.9 Å². The van der Waals surface area contributed by atoms with Gasteiger partial charge in [0.1, 0.15) is 11.5 Å². The monoisotopic (exact) mass is 319 g/mol. The lowest BCUT2D eigenvalue weighted by molar-refractivity contribution is 0.221. The second-order valence-electron chi connectivity index (χ2n) is 6.21. The van der Waals surface area contributed by atoms with E-state index in [1.165, 1.54) is 11.3 Å². The molecule has 3 heterocycles. The Labute approximate surface area is 142 Å². The molecule has 0 radical (unpaired) electrons. The lowest BCUT2D eigenvalue weighted by atomic mass is 10.1. The quantitative estimate of drug-likeness (QED) is 0.732. The van der Waals surface area contributed by atoms with Gasteiger partial charge in [-0.05, 0) is 12.1 Å². The van der Waals surface area contributed by atoms with Crippen LogP contribution in [0.5, 0.6) is 0 Å². The molecule has 0 amide bonds. The van der Waals surface area contributed by atoms with Crippen LogP contribution in [0, 0.1) is 0 Å². The number of aryl methyl sites for hydroxylation is 1. The van der Waals surface area contributed by atoms with Crippen molar-refractivity contribution in [2.24, 2.45) is 0 Å². The smallest absolute Gasteiger partial charge is 0.159 e. The van der Waals surface area contributed by atoms with Crippen LogP contribution in [0.25, 0.3) is 11.4 Å². The summed E-state index contributed by atoms with van der Waals surface area (Å²) < 4.78 is 5.83. The predicted octanol–water partition coefficient (Wildman–Crippen LogP) is 3.86. The van der Waals surface area contributed by atoms with Crippen molar-refractivity contribution in [2.75, 3.05) is 6.54 Å². The third-order valence-corrected chi connectivity index (χ3v) is 4.49. The first-order valence-corrected chi connectivity index (χ1v) is 8.52. The SMILES string of the molecule is CCc1ccc(CN2CCc3nc(-c4ccccc4)ncc3C2)o1. The minimum Gasteiger partial charge on any atom is -0.465 e. The average Bonchev–Trinajstić information content (AvgIpc) is 3.09. The lowest BCUT2D eigenvalue weighted by Gasteiger charge is -2.27. The molecule has 122 valence electrons. The van der Waals surface area contributed by atoms with Crippen molar-refractivity contribution in [2.45, 2.75) is 32.9 Å². The summed E-state index contributed by atoms with van der Waals surface area (Å²) in [4.78, 5) is 11.7. The Kier molecular flexibility index (Phi) is 4.13. The van der Waals surface area contributed by atoms with E-state index in [1.54, 1.807) is 0 Å². The van der Waals surface area contributed by atoms with Gasteiger partial charge in [-0.3, -0.25) is 4.90 Å². The first kappa shape index (κ1) is 15.1. The van der Waals surface area contributed by atoms with Crippen molar-refractivity contribution in [1.29, 1.82) is 0 Å². The van der Waals surface area contributed by atoms with Crippen molar-refractivity contribution in [3.05, 3.63) is 71.4 Å². The number of nitrogens with zero attached hydrogens (tertiary/aromatic N) is 3. The van der Waals surface area contributed by atoms with Crippen LogP contribution in [0.15, 0.2) is 53.1 Å². The van der Waals surface area contributed by atoms with Gasteiger partial charge in [0.15, 0.2) is 5.82 Å². The first-order valence-electron chi connectivity index (χ1n) is 8.52. The summed E-state index contributed by atoms with van der Waals surface area (Å²) in [6, 6.07) is 14.3. The molecule has 4 rings (SSSR count). The summed E-state index contributed by atoms with van der Waals surface area (Å²) in [5.41, 5.74) is 3.47. The highest BCUT2D eigenvalue weighted by Crippen LogP contribution is 2.22. The number of fused-ring (bicyclic) bond motifs is 1. The number of furan rings is 1. The highest BCUT2D eigenvalue weighted by Gasteiger charge is 2.19. The molecule has 0 fully saturated rings. The van der Waals surface area contributed by atoms with Gasteiger partial charge in [-0.2, -0.15) is 0 Å². The third-order valence-electron chi connectivity index (χ3n) is 4.49.